The van der Waals surface area contributed by atoms with Gasteiger partial charge in [-0.3, -0.25) is 0 Å². The summed E-state index contributed by atoms with van der Waals surface area (Å²) in [6.45, 7) is 4.34. The number of ether oxygens (including phenoxy) is 2. The standard InChI is InChI=1S/C26H28N2O6/c1-5-26(16-7-9-21(33-3)22(13-16)34-4)24-17(18-12-15(2)6-8-19(18)27-24)10-11-28(26)20(25(31)32)14-23(29)30/h6-9,12-14,27H,5,10-11H2,1-4H3,(H,29,30)(H,31,32). The third-order valence-corrected chi connectivity index (χ3v) is 6.66. The Labute approximate surface area is 197 Å². The second-order valence-electron chi connectivity index (χ2n) is 8.39. The maximum absolute atomic E-state index is 12.3. The van der Waals surface area contributed by atoms with Crippen LogP contribution in [0.4, 0.5) is 0 Å². The van der Waals surface area contributed by atoms with Gasteiger partial charge in [0, 0.05) is 23.1 Å². The average Bonchev–Trinajstić information content (AvgIpc) is 3.19. The van der Waals surface area contributed by atoms with Crippen LogP contribution in [0.15, 0.2) is 48.2 Å². The molecule has 1 unspecified atom stereocenters. The summed E-state index contributed by atoms with van der Waals surface area (Å²) >= 11 is 0. The van der Waals surface area contributed by atoms with Gasteiger partial charge in [0.2, 0.25) is 0 Å². The van der Waals surface area contributed by atoms with E-state index >= 15 is 0 Å². The molecule has 2 aromatic carbocycles. The van der Waals surface area contributed by atoms with Crippen molar-refractivity contribution in [2.75, 3.05) is 20.8 Å². The first-order valence-corrected chi connectivity index (χ1v) is 11.1. The summed E-state index contributed by atoms with van der Waals surface area (Å²) in [6.07, 6.45) is 1.81. The number of aromatic nitrogens is 1. The van der Waals surface area contributed by atoms with Crippen LogP contribution in [0.25, 0.3) is 10.9 Å². The van der Waals surface area contributed by atoms with Gasteiger partial charge in [-0.15, -0.1) is 0 Å². The Morgan fingerprint density at radius 1 is 1.12 bits per heavy atom. The van der Waals surface area contributed by atoms with Crippen molar-refractivity contribution < 1.29 is 29.3 Å². The summed E-state index contributed by atoms with van der Waals surface area (Å²) in [5.41, 5.74) is 3.56. The van der Waals surface area contributed by atoms with Crippen molar-refractivity contribution in [2.45, 2.75) is 32.2 Å². The molecule has 0 fully saturated rings. The highest BCUT2D eigenvalue weighted by molar-refractivity contribution is 5.95. The van der Waals surface area contributed by atoms with Crippen molar-refractivity contribution in [1.82, 2.24) is 9.88 Å². The lowest BCUT2D eigenvalue weighted by Gasteiger charge is -2.48. The Kier molecular flexibility index (Phi) is 6.00. The molecule has 0 amide bonds. The van der Waals surface area contributed by atoms with Crippen LogP contribution in [0.3, 0.4) is 0 Å². The summed E-state index contributed by atoms with van der Waals surface area (Å²) in [5.74, 6) is -1.55. The molecular weight excluding hydrogens is 436 g/mol. The second-order valence-corrected chi connectivity index (χ2v) is 8.39. The molecule has 0 aliphatic carbocycles. The zero-order valence-electron chi connectivity index (χ0n) is 19.6. The number of hydrogen-bond donors (Lipinski definition) is 3. The number of carboxylic acids is 2. The number of carboxylic acid groups (broad SMARTS) is 2. The molecule has 0 bridgehead atoms. The third-order valence-electron chi connectivity index (χ3n) is 6.66. The molecule has 178 valence electrons. The number of H-pyrrole nitrogens is 1. The molecule has 0 radical (unpaired) electrons. The van der Waals surface area contributed by atoms with Gasteiger partial charge in [-0.2, -0.15) is 0 Å². The van der Waals surface area contributed by atoms with Gasteiger partial charge in [0.1, 0.15) is 11.2 Å². The maximum Gasteiger partial charge on any atom is 0.352 e. The lowest BCUT2D eigenvalue weighted by Crippen LogP contribution is -2.52. The Hall–Kier alpha value is -3.94. The number of nitrogens with zero attached hydrogens (tertiary/aromatic N) is 1. The van der Waals surface area contributed by atoms with Crippen molar-refractivity contribution >= 4 is 22.8 Å². The normalized spacial score (nSPS) is 18.0. The Balaban J connectivity index is 2.08. The third kappa shape index (κ3) is 3.55. The molecule has 0 spiro atoms. The predicted molar refractivity (Wildman–Crippen MR) is 127 cm³/mol. The van der Waals surface area contributed by atoms with Gasteiger partial charge in [-0.1, -0.05) is 24.6 Å². The van der Waals surface area contributed by atoms with Crippen LogP contribution in [0, 0.1) is 6.92 Å². The van der Waals surface area contributed by atoms with E-state index < -0.39 is 17.5 Å². The van der Waals surface area contributed by atoms with Gasteiger partial charge in [0.05, 0.1) is 20.3 Å². The second kappa shape index (κ2) is 8.78. The number of methoxy groups -OCH3 is 2. The first-order valence-electron chi connectivity index (χ1n) is 11.1. The fourth-order valence-corrected chi connectivity index (χ4v) is 5.19. The number of aryl methyl sites for hydroxylation is 1. The lowest BCUT2D eigenvalue weighted by atomic mass is 9.76. The molecule has 0 saturated heterocycles. The number of fused-ring (bicyclic) bond motifs is 3. The van der Waals surface area contributed by atoms with Crippen molar-refractivity contribution in [2.24, 2.45) is 0 Å². The largest absolute Gasteiger partial charge is 0.493 e. The van der Waals surface area contributed by atoms with Crippen LogP contribution in [-0.4, -0.2) is 52.8 Å². The zero-order valence-corrected chi connectivity index (χ0v) is 19.6. The van der Waals surface area contributed by atoms with Gasteiger partial charge in [0.15, 0.2) is 11.5 Å². The van der Waals surface area contributed by atoms with E-state index in [0.29, 0.717) is 30.9 Å². The summed E-state index contributed by atoms with van der Waals surface area (Å²) in [6, 6.07) is 11.7. The fourth-order valence-electron chi connectivity index (χ4n) is 5.19. The topological polar surface area (TPSA) is 112 Å². The summed E-state index contributed by atoms with van der Waals surface area (Å²) in [5, 5.41) is 20.6. The number of hydrogen-bond acceptors (Lipinski definition) is 5. The van der Waals surface area contributed by atoms with Gasteiger partial charge in [0.25, 0.3) is 0 Å². The molecule has 3 N–H and O–H groups in total. The number of carbonyl (C=O) groups is 2. The zero-order chi connectivity index (χ0) is 24.6. The molecule has 2 heterocycles. The van der Waals surface area contributed by atoms with Crippen LogP contribution in [0.2, 0.25) is 0 Å². The average molecular weight is 465 g/mol. The minimum atomic E-state index is -1.31. The molecule has 34 heavy (non-hydrogen) atoms. The van der Waals surface area contributed by atoms with Crippen LogP contribution in [-0.2, 0) is 21.5 Å². The monoisotopic (exact) mass is 464 g/mol. The van der Waals surface area contributed by atoms with Crippen molar-refractivity contribution in [3.05, 3.63) is 70.6 Å². The lowest BCUT2D eigenvalue weighted by molar-refractivity contribution is -0.137. The van der Waals surface area contributed by atoms with E-state index in [-0.39, 0.29) is 5.70 Å². The van der Waals surface area contributed by atoms with Crippen LogP contribution < -0.4 is 9.47 Å². The molecule has 1 aromatic heterocycles. The van der Waals surface area contributed by atoms with Crippen LogP contribution in [0.5, 0.6) is 11.5 Å². The summed E-state index contributed by atoms with van der Waals surface area (Å²) in [7, 11) is 3.10. The van der Waals surface area contributed by atoms with Gasteiger partial charge < -0.3 is 29.6 Å². The number of nitrogens with one attached hydrogen (secondary N) is 1. The molecular formula is C26H28N2O6. The van der Waals surface area contributed by atoms with E-state index in [9.17, 15) is 19.8 Å². The molecule has 1 aliphatic rings. The maximum atomic E-state index is 12.3. The fraction of sp³-hybridized carbons (Fsp3) is 0.308. The SMILES string of the molecule is CCC1(c2ccc(OC)c(OC)c2)c2[nH]c3ccc(C)cc3c2CCN1C(=CC(=O)O)C(=O)O. The predicted octanol–water partition coefficient (Wildman–Crippen LogP) is 4.06. The van der Waals surface area contributed by atoms with Crippen molar-refractivity contribution in [3.8, 4) is 11.5 Å². The summed E-state index contributed by atoms with van der Waals surface area (Å²) in [4.78, 5) is 29.1. The minimum Gasteiger partial charge on any atom is -0.493 e. The Morgan fingerprint density at radius 2 is 1.85 bits per heavy atom. The quantitative estimate of drug-likeness (QED) is 0.452. The molecule has 3 aromatic rings. The molecule has 1 atom stereocenters. The summed E-state index contributed by atoms with van der Waals surface area (Å²) < 4.78 is 11.0. The molecule has 4 rings (SSSR count). The Bertz CT molecular complexity index is 1310. The van der Waals surface area contributed by atoms with E-state index in [2.05, 4.69) is 11.1 Å². The van der Waals surface area contributed by atoms with E-state index in [1.807, 2.05) is 38.1 Å². The molecule has 0 saturated carbocycles. The number of rotatable bonds is 7. The van der Waals surface area contributed by atoms with Gasteiger partial charge in [-0.25, -0.2) is 9.59 Å². The Morgan fingerprint density at radius 3 is 2.47 bits per heavy atom. The smallest absolute Gasteiger partial charge is 0.352 e. The van der Waals surface area contributed by atoms with Crippen molar-refractivity contribution in [3.63, 3.8) is 0 Å². The number of aliphatic carboxylic acids is 2. The highest BCUT2D eigenvalue weighted by Gasteiger charge is 2.47. The van der Waals surface area contributed by atoms with E-state index in [4.69, 9.17) is 9.47 Å². The van der Waals surface area contributed by atoms with Crippen molar-refractivity contribution in [1.29, 1.82) is 0 Å². The number of aromatic amines is 1. The van der Waals surface area contributed by atoms with Crippen LogP contribution in [0.1, 0.15) is 35.7 Å². The molecule has 8 nitrogen and oxygen atoms in total. The van der Waals surface area contributed by atoms with Crippen LogP contribution >= 0.6 is 0 Å². The van der Waals surface area contributed by atoms with E-state index in [1.165, 1.54) is 0 Å². The first kappa shape index (κ1) is 23.2. The highest BCUT2D eigenvalue weighted by Crippen LogP contribution is 2.48. The highest BCUT2D eigenvalue weighted by atomic mass is 16.5. The number of benzene rings is 2. The first-order chi connectivity index (χ1) is 16.3. The van der Waals surface area contributed by atoms with Gasteiger partial charge >= 0.3 is 11.9 Å². The van der Waals surface area contributed by atoms with E-state index in [0.717, 1.165) is 39.4 Å². The molecule has 8 heteroatoms. The van der Waals surface area contributed by atoms with E-state index in [1.54, 1.807) is 25.2 Å². The molecule has 1 aliphatic heterocycles. The van der Waals surface area contributed by atoms with Gasteiger partial charge in [-0.05, 0) is 55.2 Å². The minimum absolute atomic E-state index is 0.273.